The van der Waals surface area contributed by atoms with Crippen molar-refractivity contribution in [2.75, 3.05) is 17.6 Å². The second-order valence-corrected chi connectivity index (χ2v) is 4.79. The molecule has 1 fully saturated rings. The van der Waals surface area contributed by atoms with Gasteiger partial charge in [0.2, 0.25) is 0 Å². The molecular formula is C13H19FN2O. The van der Waals surface area contributed by atoms with Crippen LogP contribution in [0.1, 0.15) is 25.7 Å². The number of nitrogen functional groups attached to an aromatic ring is 1. The Bertz CT molecular complexity index is 376. The van der Waals surface area contributed by atoms with Gasteiger partial charge in [-0.2, -0.15) is 0 Å². The van der Waals surface area contributed by atoms with Crippen molar-refractivity contribution >= 4 is 11.4 Å². The van der Waals surface area contributed by atoms with Crippen LogP contribution < -0.4 is 11.1 Å². The Kier molecular flexibility index (Phi) is 3.84. The zero-order valence-electron chi connectivity index (χ0n) is 9.82. The van der Waals surface area contributed by atoms with Crippen molar-refractivity contribution in [3.63, 3.8) is 0 Å². The first-order valence-corrected chi connectivity index (χ1v) is 6.12. The number of halogens is 1. The SMILES string of the molecule is Nc1ccc(F)cc1NCC1CCC(O)CC1. The van der Waals surface area contributed by atoms with E-state index in [4.69, 9.17) is 5.73 Å². The maximum absolute atomic E-state index is 13.0. The number of nitrogens with one attached hydrogen (secondary N) is 1. The summed E-state index contributed by atoms with van der Waals surface area (Å²) in [5.74, 6) is 0.266. The summed E-state index contributed by atoms with van der Waals surface area (Å²) in [7, 11) is 0. The maximum Gasteiger partial charge on any atom is 0.125 e. The first-order chi connectivity index (χ1) is 8.15. The highest BCUT2D eigenvalue weighted by molar-refractivity contribution is 5.65. The largest absolute Gasteiger partial charge is 0.397 e. The summed E-state index contributed by atoms with van der Waals surface area (Å²) in [6, 6.07) is 4.35. The van der Waals surface area contributed by atoms with E-state index in [1.54, 1.807) is 6.07 Å². The van der Waals surface area contributed by atoms with Crippen molar-refractivity contribution in [2.45, 2.75) is 31.8 Å². The lowest BCUT2D eigenvalue weighted by molar-refractivity contribution is 0.111. The highest BCUT2D eigenvalue weighted by Gasteiger charge is 2.19. The smallest absolute Gasteiger partial charge is 0.125 e. The molecule has 2 rings (SSSR count). The average molecular weight is 238 g/mol. The van der Waals surface area contributed by atoms with Crippen molar-refractivity contribution < 1.29 is 9.50 Å². The van der Waals surface area contributed by atoms with E-state index in [0.29, 0.717) is 17.3 Å². The van der Waals surface area contributed by atoms with Crippen molar-refractivity contribution in [3.05, 3.63) is 24.0 Å². The van der Waals surface area contributed by atoms with Crippen LogP contribution in [-0.2, 0) is 0 Å². The van der Waals surface area contributed by atoms with Crippen LogP contribution in [0.25, 0.3) is 0 Å². The molecule has 0 heterocycles. The summed E-state index contributed by atoms with van der Waals surface area (Å²) in [6.07, 6.45) is 3.63. The molecule has 3 nitrogen and oxygen atoms in total. The van der Waals surface area contributed by atoms with E-state index in [1.807, 2.05) is 0 Å². The van der Waals surface area contributed by atoms with Crippen LogP contribution in [0.15, 0.2) is 18.2 Å². The molecule has 0 atom stereocenters. The Labute approximate surface area is 101 Å². The van der Waals surface area contributed by atoms with Crippen molar-refractivity contribution in [3.8, 4) is 0 Å². The van der Waals surface area contributed by atoms with Gasteiger partial charge in [0.15, 0.2) is 0 Å². The van der Waals surface area contributed by atoms with Crippen LogP contribution in [0.5, 0.6) is 0 Å². The summed E-state index contributed by atoms with van der Waals surface area (Å²) in [5.41, 5.74) is 6.99. The van der Waals surface area contributed by atoms with Crippen molar-refractivity contribution in [1.29, 1.82) is 0 Å². The molecule has 0 aliphatic heterocycles. The maximum atomic E-state index is 13.0. The molecule has 0 saturated heterocycles. The molecule has 1 aromatic carbocycles. The van der Waals surface area contributed by atoms with Gasteiger partial charge in [-0.3, -0.25) is 0 Å². The fourth-order valence-electron chi connectivity index (χ4n) is 2.28. The molecule has 0 aromatic heterocycles. The normalized spacial score (nSPS) is 24.6. The quantitative estimate of drug-likeness (QED) is 0.708. The fourth-order valence-corrected chi connectivity index (χ4v) is 2.28. The van der Waals surface area contributed by atoms with Crippen LogP contribution in [0.3, 0.4) is 0 Å². The zero-order chi connectivity index (χ0) is 12.3. The summed E-state index contributed by atoms with van der Waals surface area (Å²) in [4.78, 5) is 0. The fraction of sp³-hybridized carbons (Fsp3) is 0.538. The van der Waals surface area contributed by atoms with Crippen LogP contribution in [0.4, 0.5) is 15.8 Å². The predicted molar refractivity (Wildman–Crippen MR) is 67.3 cm³/mol. The molecule has 0 bridgehead atoms. The minimum absolute atomic E-state index is 0.134. The molecule has 1 aliphatic rings. The molecule has 1 saturated carbocycles. The molecule has 94 valence electrons. The first-order valence-electron chi connectivity index (χ1n) is 6.12. The molecular weight excluding hydrogens is 219 g/mol. The summed E-state index contributed by atoms with van der Waals surface area (Å²) >= 11 is 0. The Morgan fingerprint density at radius 1 is 1.29 bits per heavy atom. The lowest BCUT2D eigenvalue weighted by Crippen LogP contribution is -2.23. The number of anilines is 2. The second-order valence-electron chi connectivity index (χ2n) is 4.79. The highest BCUT2D eigenvalue weighted by Crippen LogP contribution is 2.26. The standard InChI is InChI=1S/C13H19FN2O/c14-10-3-6-12(15)13(7-10)16-8-9-1-4-11(17)5-2-9/h3,6-7,9,11,16-17H,1-2,4-5,8,15H2. The van der Waals surface area contributed by atoms with Gasteiger partial charge in [0.1, 0.15) is 5.82 Å². The molecule has 0 radical (unpaired) electrons. The molecule has 1 aromatic rings. The number of aliphatic hydroxyl groups excluding tert-OH is 1. The van der Waals surface area contributed by atoms with E-state index in [0.717, 1.165) is 32.2 Å². The van der Waals surface area contributed by atoms with E-state index >= 15 is 0 Å². The molecule has 4 N–H and O–H groups in total. The van der Waals surface area contributed by atoms with Gasteiger partial charge < -0.3 is 16.2 Å². The number of aliphatic hydroxyl groups is 1. The molecule has 0 spiro atoms. The van der Waals surface area contributed by atoms with Crippen molar-refractivity contribution in [2.24, 2.45) is 5.92 Å². The Morgan fingerprint density at radius 2 is 2.00 bits per heavy atom. The van der Waals surface area contributed by atoms with Gasteiger partial charge in [-0.05, 0) is 49.8 Å². The van der Waals surface area contributed by atoms with E-state index in [9.17, 15) is 9.50 Å². The second kappa shape index (κ2) is 5.36. The molecule has 17 heavy (non-hydrogen) atoms. The first kappa shape index (κ1) is 12.2. The Balaban J connectivity index is 1.87. The third-order valence-electron chi connectivity index (χ3n) is 3.41. The minimum Gasteiger partial charge on any atom is -0.397 e. The minimum atomic E-state index is -0.277. The summed E-state index contributed by atoms with van der Waals surface area (Å²) in [5, 5.41) is 12.6. The van der Waals surface area contributed by atoms with E-state index in [2.05, 4.69) is 5.32 Å². The number of rotatable bonds is 3. The highest BCUT2D eigenvalue weighted by atomic mass is 19.1. The average Bonchev–Trinajstić information content (AvgIpc) is 2.32. The van der Waals surface area contributed by atoms with Crippen molar-refractivity contribution in [1.82, 2.24) is 0 Å². The van der Waals surface area contributed by atoms with E-state index < -0.39 is 0 Å². The summed E-state index contributed by atoms with van der Waals surface area (Å²) < 4.78 is 13.0. The zero-order valence-corrected chi connectivity index (χ0v) is 9.82. The number of hydrogen-bond donors (Lipinski definition) is 3. The number of nitrogens with two attached hydrogens (primary N) is 1. The molecule has 0 amide bonds. The molecule has 0 unspecified atom stereocenters. The van der Waals surface area contributed by atoms with E-state index in [1.165, 1.54) is 12.1 Å². The van der Waals surface area contributed by atoms with Gasteiger partial charge in [-0.1, -0.05) is 0 Å². The van der Waals surface area contributed by atoms with Gasteiger partial charge in [0.05, 0.1) is 17.5 Å². The number of benzene rings is 1. The van der Waals surface area contributed by atoms with Gasteiger partial charge in [0.25, 0.3) is 0 Å². The van der Waals surface area contributed by atoms with Gasteiger partial charge in [0, 0.05) is 6.54 Å². The summed E-state index contributed by atoms with van der Waals surface area (Å²) in [6.45, 7) is 0.792. The Hall–Kier alpha value is -1.29. The third-order valence-corrected chi connectivity index (χ3v) is 3.41. The molecule has 4 heteroatoms. The van der Waals surface area contributed by atoms with E-state index in [-0.39, 0.29) is 11.9 Å². The molecule has 1 aliphatic carbocycles. The topological polar surface area (TPSA) is 58.3 Å². The third kappa shape index (κ3) is 3.33. The number of hydrogen-bond acceptors (Lipinski definition) is 3. The van der Waals surface area contributed by atoms with Crippen LogP contribution in [0.2, 0.25) is 0 Å². The van der Waals surface area contributed by atoms with Crippen LogP contribution in [-0.4, -0.2) is 17.8 Å². The van der Waals surface area contributed by atoms with Gasteiger partial charge >= 0.3 is 0 Å². The lowest BCUT2D eigenvalue weighted by atomic mass is 9.87. The Morgan fingerprint density at radius 3 is 2.71 bits per heavy atom. The monoisotopic (exact) mass is 238 g/mol. The lowest BCUT2D eigenvalue weighted by Gasteiger charge is -2.26. The predicted octanol–water partition coefficient (Wildman–Crippen LogP) is 2.37. The van der Waals surface area contributed by atoms with Gasteiger partial charge in [-0.25, -0.2) is 4.39 Å². The van der Waals surface area contributed by atoms with Crippen LogP contribution in [0, 0.1) is 11.7 Å². The van der Waals surface area contributed by atoms with Crippen LogP contribution >= 0.6 is 0 Å². The van der Waals surface area contributed by atoms with Gasteiger partial charge in [-0.15, -0.1) is 0 Å².